The van der Waals surface area contributed by atoms with Crippen molar-refractivity contribution in [2.75, 3.05) is 32.7 Å². The number of hydrogen-bond donors (Lipinski definition) is 2. The fraction of sp³-hybridized carbons (Fsp3) is 0.522. The molecule has 7 nitrogen and oxygen atoms in total. The Morgan fingerprint density at radius 1 is 1.00 bits per heavy atom. The predicted octanol–water partition coefficient (Wildman–Crippen LogP) is 2.32. The lowest BCUT2D eigenvalue weighted by Crippen LogP contribution is -2.51. The molecule has 1 aliphatic rings. The second-order valence-corrected chi connectivity index (χ2v) is 8.91. The molecular formula is C23H32N4O3. The molecule has 0 unspecified atom stereocenters. The number of amides is 3. The fourth-order valence-corrected chi connectivity index (χ4v) is 3.62. The van der Waals surface area contributed by atoms with E-state index in [4.69, 9.17) is 0 Å². The Balaban J connectivity index is 1.40. The summed E-state index contributed by atoms with van der Waals surface area (Å²) >= 11 is 0. The van der Waals surface area contributed by atoms with Crippen LogP contribution in [0.15, 0.2) is 30.5 Å². The van der Waals surface area contributed by atoms with Crippen LogP contribution >= 0.6 is 0 Å². The molecule has 30 heavy (non-hydrogen) atoms. The first kappa shape index (κ1) is 21.9. The van der Waals surface area contributed by atoms with E-state index in [1.165, 1.54) is 0 Å². The largest absolute Gasteiger partial charge is 0.361 e. The number of fused-ring (bicyclic) bond motifs is 1. The number of hydrogen-bond acceptors (Lipinski definition) is 3. The van der Waals surface area contributed by atoms with Crippen LogP contribution in [0.25, 0.3) is 10.9 Å². The number of benzene rings is 1. The number of piperazine rings is 1. The van der Waals surface area contributed by atoms with Gasteiger partial charge in [0.1, 0.15) is 0 Å². The number of nitrogens with zero attached hydrogens (tertiary/aromatic N) is 2. The number of carbonyl (C=O) groups is 3. The molecule has 0 atom stereocenters. The van der Waals surface area contributed by atoms with Gasteiger partial charge in [0.15, 0.2) is 0 Å². The van der Waals surface area contributed by atoms with Gasteiger partial charge >= 0.3 is 0 Å². The zero-order valence-corrected chi connectivity index (χ0v) is 18.2. The van der Waals surface area contributed by atoms with E-state index in [0.717, 1.165) is 16.5 Å². The van der Waals surface area contributed by atoms with Crippen LogP contribution in [0.1, 0.15) is 39.2 Å². The van der Waals surface area contributed by atoms with Gasteiger partial charge in [-0.1, -0.05) is 39.0 Å². The Bertz CT molecular complexity index is 905. The van der Waals surface area contributed by atoms with Gasteiger partial charge in [-0.05, 0) is 18.1 Å². The number of rotatable bonds is 6. The highest BCUT2D eigenvalue weighted by Crippen LogP contribution is 2.19. The average Bonchev–Trinajstić information content (AvgIpc) is 3.13. The van der Waals surface area contributed by atoms with Gasteiger partial charge in [0.05, 0.1) is 6.42 Å². The average molecular weight is 413 g/mol. The van der Waals surface area contributed by atoms with Gasteiger partial charge in [-0.2, -0.15) is 0 Å². The van der Waals surface area contributed by atoms with Crippen molar-refractivity contribution in [3.05, 3.63) is 36.0 Å². The summed E-state index contributed by atoms with van der Waals surface area (Å²) < 4.78 is 0. The number of para-hydroxylation sites is 1. The summed E-state index contributed by atoms with van der Waals surface area (Å²) in [6.45, 7) is 8.36. The molecule has 7 heteroatoms. The Hall–Kier alpha value is -2.83. The first-order chi connectivity index (χ1) is 14.3. The quantitative estimate of drug-likeness (QED) is 0.714. The number of nitrogens with one attached hydrogen (secondary N) is 2. The summed E-state index contributed by atoms with van der Waals surface area (Å²) in [5.74, 6) is 0.178. The van der Waals surface area contributed by atoms with Crippen LogP contribution in [0, 0.1) is 5.41 Å². The van der Waals surface area contributed by atoms with E-state index in [0.29, 0.717) is 52.0 Å². The van der Waals surface area contributed by atoms with Gasteiger partial charge in [-0.15, -0.1) is 0 Å². The third kappa shape index (κ3) is 5.40. The Morgan fingerprint density at radius 2 is 1.63 bits per heavy atom. The molecule has 0 saturated carbocycles. The molecule has 2 aromatic rings. The van der Waals surface area contributed by atoms with Crippen molar-refractivity contribution in [3.63, 3.8) is 0 Å². The number of H-pyrrole nitrogens is 1. The second-order valence-electron chi connectivity index (χ2n) is 8.91. The molecule has 2 heterocycles. The Kier molecular flexibility index (Phi) is 6.80. The first-order valence-electron chi connectivity index (χ1n) is 10.6. The summed E-state index contributed by atoms with van der Waals surface area (Å²) in [5, 5.41) is 3.95. The standard InChI is InChI=1S/C23H32N4O3/c1-23(2,3)22(30)24-10-6-9-20(28)26-11-13-27(14-12-26)21(29)15-17-16-25-19-8-5-4-7-18(17)19/h4-5,7-8,16,25H,6,9-15H2,1-3H3,(H,24,30). The van der Waals surface area contributed by atoms with Crippen molar-refractivity contribution in [2.24, 2.45) is 5.41 Å². The van der Waals surface area contributed by atoms with Crippen molar-refractivity contribution >= 4 is 28.6 Å². The van der Waals surface area contributed by atoms with Crippen LogP contribution < -0.4 is 5.32 Å². The van der Waals surface area contributed by atoms with E-state index in [9.17, 15) is 14.4 Å². The van der Waals surface area contributed by atoms with E-state index >= 15 is 0 Å². The van der Waals surface area contributed by atoms with E-state index in [-0.39, 0.29) is 17.7 Å². The maximum Gasteiger partial charge on any atom is 0.227 e. The van der Waals surface area contributed by atoms with Crippen molar-refractivity contribution in [1.82, 2.24) is 20.1 Å². The lowest BCUT2D eigenvalue weighted by atomic mass is 9.96. The van der Waals surface area contributed by atoms with Gasteiger partial charge in [-0.25, -0.2) is 0 Å². The molecule has 0 bridgehead atoms. The lowest BCUT2D eigenvalue weighted by Gasteiger charge is -2.35. The van der Waals surface area contributed by atoms with Crippen LogP contribution in [-0.2, 0) is 20.8 Å². The maximum absolute atomic E-state index is 12.7. The minimum Gasteiger partial charge on any atom is -0.361 e. The minimum atomic E-state index is -0.417. The highest BCUT2D eigenvalue weighted by molar-refractivity contribution is 5.89. The summed E-state index contributed by atoms with van der Waals surface area (Å²) in [7, 11) is 0. The third-order valence-corrected chi connectivity index (χ3v) is 5.54. The topological polar surface area (TPSA) is 85.5 Å². The van der Waals surface area contributed by atoms with E-state index in [1.54, 1.807) is 0 Å². The van der Waals surface area contributed by atoms with E-state index in [1.807, 2.05) is 61.0 Å². The zero-order valence-electron chi connectivity index (χ0n) is 18.2. The molecule has 1 saturated heterocycles. The van der Waals surface area contributed by atoms with Gasteiger partial charge < -0.3 is 20.1 Å². The maximum atomic E-state index is 12.7. The molecule has 1 aromatic carbocycles. The van der Waals surface area contributed by atoms with Crippen LogP contribution in [0.3, 0.4) is 0 Å². The Morgan fingerprint density at radius 3 is 2.30 bits per heavy atom. The molecule has 3 amide bonds. The van der Waals surface area contributed by atoms with Gasteiger partial charge in [-0.3, -0.25) is 14.4 Å². The highest BCUT2D eigenvalue weighted by atomic mass is 16.2. The lowest BCUT2D eigenvalue weighted by molar-refractivity contribution is -0.139. The third-order valence-electron chi connectivity index (χ3n) is 5.54. The molecule has 2 N–H and O–H groups in total. The number of carbonyl (C=O) groups excluding carboxylic acids is 3. The van der Waals surface area contributed by atoms with Crippen molar-refractivity contribution in [2.45, 2.75) is 40.0 Å². The molecule has 1 aromatic heterocycles. The van der Waals surface area contributed by atoms with Crippen molar-refractivity contribution in [1.29, 1.82) is 0 Å². The molecular weight excluding hydrogens is 380 g/mol. The molecule has 0 radical (unpaired) electrons. The van der Waals surface area contributed by atoms with Gasteiger partial charge in [0.25, 0.3) is 0 Å². The number of aromatic amines is 1. The monoisotopic (exact) mass is 412 g/mol. The van der Waals surface area contributed by atoms with Crippen molar-refractivity contribution in [3.8, 4) is 0 Å². The van der Waals surface area contributed by atoms with Crippen LogP contribution in [-0.4, -0.2) is 65.2 Å². The Labute approximate surface area is 177 Å². The molecule has 0 aliphatic carbocycles. The first-order valence-corrected chi connectivity index (χ1v) is 10.6. The predicted molar refractivity (Wildman–Crippen MR) is 117 cm³/mol. The fourth-order valence-electron chi connectivity index (χ4n) is 3.62. The molecule has 162 valence electrons. The van der Waals surface area contributed by atoms with Crippen LogP contribution in [0.4, 0.5) is 0 Å². The number of aromatic nitrogens is 1. The van der Waals surface area contributed by atoms with Crippen LogP contribution in [0.5, 0.6) is 0 Å². The van der Waals surface area contributed by atoms with Crippen LogP contribution in [0.2, 0.25) is 0 Å². The van der Waals surface area contributed by atoms with Crippen molar-refractivity contribution < 1.29 is 14.4 Å². The summed E-state index contributed by atoms with van der Waals surface area (Å²) in [5.41, 5.74) is 1.63. The smallest absolute Gasteiger partial charge is 0.227 e. The minimum absolute atomic E-state index is 0.00252. The molecule has 1 fully saturated rings. The SMILES string of the molecule is CC(C)(C)C(=O)NCCCC(=O)N1CCN(C(=O)Cc2c[nH]c3ccccc23)CC1. The second kappa shape index (κ2) is 9.32. The summed E-state index contributed by atoms with van der Waals surface area (Å²) in [6.07, 6.45) is 3.31. The highest BCUT2D eigenvalue weighted by Gasteiger charge is 2.25. The normalized spacial score (nSPS) is 14.8. The summed E-state index contributed by atoms with van der Waals surface area (Å²) in [6, 6.07) is 7.97. The van der Waals surface area contributed by atoms with E-state index < -0.39 is 5.41 Å². The molecule has 0 spiro atoms. The molecule has 1 aliphatic heterocycles. The zero-order chi connectivity index (χ0) is 21.7. The summed E-state index contributed by atoms with van der Waals surface area (Å²) in [4.78, 5) is 43.9. The van der Waals surface area contributed by atoms with E-state index in [2.05, 4.69) is 10.3 Å². The molecule has 3 rings (SSSR count). The van der Waals surface area contributed by atoms with Gasteiger partial charge in [0, 0.05) is 61.7 Å². The van der Waals surface area contributed by atoms with Gasteiger partial charge in [0.2, 0.25) is 17.7 Å².